The van der Waals surface area contributed by atoms with Gasteiger partial charge >= 0.3 is 0 Å². The Morgan fingerprint density at radius 3 is 1.98 bits per heavy atom. The lowest BCUT2D eigenvalue weighted by Gasteiger charge is -2.12. The minimum Gasteiger partial charge on any atom is -0.436 e. The quantitative estimate of drug-likeness (QED) is 0.199. The monoisotopic (exact) mass is 572 g/mol. The van der Waals surface area contributed by atoms with Crippen molar-refractivity contribution < 1.29 is 8.83 Å². The molecule has 7 aromatic rings. The van der Waals surface area contributed by atoms with Crippen LogP contribution in [0.2, 0.25) is 0 Å². The first-order valence-electron chi connectivity index (χ1n) is 14.2. The molecule has 1 aliphatic heterocycles. The molecule has 1 unspecified atom stereocenters. The number of fused-ring (bicyclic) bond motifs is 1. The number of aliphatic imine (C=N–C) groups is 1. The van der Waals surface area contributed by atoms with E-state index in [9.17, 15) is 0 Å². The molecule has 8 nitrogen and oxygen atoms in total. The maximum Gasteiger partial charge on any atom is 0.226 e. The Balaban J connectivity index is 1.12. The van der Waals surface area contributed by atoms with Crippen molar-refractivity contribution in [2.45, 2.75) is 5.92 Å². The third-order valence-corrected chi connectivity index (χ3v) is 7.68. The van der Waals surface area contributed by atoms with Crippen LogP contribution >= 0.6 is 0 Å². The largest absolute Gasteiger partial charge is 0.436 e. The van der Waals surface area contributed by atoms with Gasteiger partial charge in [0.1, 0.15) is 0 Å². The summed E-state index contributed by atoms with van der Waals surface area (Å²) in [7, 11) is 0. The third kappa shape index (κ3) is 4.78. The van der Waals surface area contributed by atoms with Gasteiger partial charge in [0.15, 0.2) is 11.5 Å². The van der Waals surface area contributed by atoms with E-state index in [-0.39, 0.29) is 5.92 Å². The number of allylic oxidation sites excluding steroid dienone is 1. The van der Waals surface area contributed by atoms with Gasteiger partial charge in [0.05, 0.1) is 24.6 Å². The lowest BCUT2D eigenvalue weighted by molar-refractivity contribution is 0.588. The van der Waals surface area contributed by atoms with Crippen molar-refractivity contribution in [3.63, 3.8) is 0 Å². The predicted molar refractivity (Wildman–Crippen MR) is 170 cm³/mol. The second kappa shape index (κ2) is 11.0. The summed E-state index contributed by atoms with van der Waals surface area (Å²) in [6.07, 6.45) is 16.5. The highest BCUT2D eigenvalue weighted by Gasteiger charge is 2.18. The minimum absolute atomic E-state index is 0.143. The molecule has 0 saturated carbocycles. The number of hydrogen-bond acceptors (Lipinski definition) is 8. The normalized spacial score (nSPS) is 14.3. The molecule has 0 N–H and O–H groups in total. The van der Waals surface area contributed by atoms with Crippen LogP contribution in [-0.4, -0.2) is 37.7 Å². The van der Waals surface area contributed by atoms with Crippen LogP contribution in [0.25, 0.3) is 67.6 Å². The summed E-state index contributed by atoms with van der Waals surface area (Å²) >= 11 is 0. The topological polar surface area (TPSA) is 103 Å². The van der Waals surface area contributed by atoms with E-state index in [1.165, 1.54) is 0 Å². The van der Waals surface area contributed by atoms with Crippen molar-refractivity contribution >= 4 is 17.0 Å². The van der Waals surface area contributed by atoms with Crippen LogP contribution in [0.3, 0.4) is 0 Å². The summed E-state index contributed by atoms with van der Waals surface area (Å²) in [5.41, 5.74) is 6.27. The summed E-state index contributed by atoms with van der Waals surface area (Å²) in [6.45, 7) is 0.684. The maximum atomic E-state index is 6.33. The molecule has 1 atom stereocenters. The summed E-state index contributed by atoms with van der Waals surface area (Å²) in [5, 5.41) is 2.04. The molecule has 8 rings (SSSR count). The molecule has 0 saturated heterocycles. The summed E-state index contributed by atoms with van der Waals surface area (Å²) < 4.78 is 12.6. The first-order chi connectivity index (χ1) is 21.8. The first kappa shape index (κ1) is 25.7. The molecule has 0 bridgehead atoms. The Morgan fingerprint density at radius 1 is 0.614 bits per heavy atom. The zero-order chi connectivity index (χ0) is 29.3. The number of hydrogen-bond donors (Lipinski definition) is 0. The minimum atomic E-state index is 0.143. The average molecular weight is 573 g/mol. The molecular weight excluding hydrogens is 548 g/mol. The highest BCUT2D eigenvalue weighted by molar-refractivity contribution is 6.03. The van der Waals surface area contributed by atoms with Gasteiger partial charge < -0.3 is 8.83 Å². The zero-order valence-corrected chi connectivity index (χ0v) is 23.4. The molecule has 8 heteroatoms. The second-order valence-electron chi connectivity index (χ2n) is 10.4. The fourth-order valence-corrected chi connectivity index (χ4v) is 5.48. The van der Waals surface area contributed by atoms with Crippen LogP contribution in [-0.2, 0) is 0 Å². The maximum absolute atomic E-state index is 6.33. The number of aromatic nitrogens is 5. The SMILES string of the molecule is C1=CC(c2cc(-c3ncc(-c4ccc(-c5cnc(-c6ccnc(-c7cccnc7)c6)o5)c5ccccc45)o3)ccn2)CN=C1. The molecule has 2 aromatic carbocycles. The molecular formula is C36H24N6O2. The number of oxazole rings is 2. The highest BCUT2D eigenvalue weighted by Crippen LogP contribution is 2.38. The first-order valence-corrected chi connectivity index (χ1v) is 14.2. The predicted octanol–water partition coefficient (Wildman–Crippen LogP) is 8.06. The van der Waals surface area contributed by atoms with E-state index in [1.54, 1.807) is 37.2 Å². The summed E-state index contributed by atoms with van der Waals surface area (Å²) in [4.78, 5) is 26.8. The van der Waals surface area contributed by atoms with Crippen molar-refractivity contribution in [3.05, 3.63) is 128 Å². The van der Waals surface area contributed by atoms with Gasteiger partial charge in [-0.1, -0.05) is 30.3 Å². The van der Waals surface area contributed by atoms with Crippen LogP contribution in [0.5, 0.6) is 0 Å². The lowest BCUT2D eigenvalue weighted by atomic mass is 9.97. The van der Waals surface area contributed by atoms with Gasteiger partial charge in [-0.05, 0) is 65.4 Å². The van der Waals surface area contributed by atoms with E-state index in [4.69, 9.17) is 8.83 Å². The van der Waals surface area contributed by atoms with Crippen LogP contribution in [0.1, 0.15) is 11.6 Å². The van der Waals surface area contributed by atoms with Crippen molar-refractivity contribution in [1.82, 2.24) is 24.9 Å². The van der Waals surface area contributed by atoms with Crippen molar-refractivity contribution in [3.8, 4) is 56.8 Å². The Kier molecular flexibility index (Phi) is 6.42. The molecule has 5 aromatic heterocycles. The van der Waals surface area contributed by atoms with Gasteiger partial charge in [0, 0.05) is 70.4 Å². The smallest absolute Gasteiger partial charge is 0.226 e. The van der Waals surface area contributed by atoms with E-state index in [0.29, 0.717) is 29.8 Å². The molecule has 0 fully saturated rings. The van der Waals surface area contributed by atoms with Gasteiger partial charge in [-0.15, -0.1) is 0 Å². The average Bonchev–Trinajstić information content (AvgIpc) is 3.80. The van der Waals surface area contributed by atoms with Crippen molar-refractivity contribution in [2.75, 3.05) is 6.54 Å². The molecule has 210 valence electrons. The second-order valence-corrected chi connectivity index (χ2v) is 10.4. The fraction of sp³-hybridized carbons (Fsp3) is 0.0556. The Bertz CT molecular complexity index is 2180. The van der Waals surface area contributed by atoms with E-state index >= 15 is 0 Å². The van der Waals surface area contributed by atoms with Crippen LogP contribution in [0.4, 0.5) is 0 Å². The van der Waals surface area contributed by atoms with E-state index in [1.807, 2.05) is 73.0 Å². The van der Waals surface area contributed by atoms with Gasteiger partial charge in [-0.25, -0.2) is 9.97 Å². The molecule has 0 amide bonds. The van der Waals surface area contributed by atoms with Gasteiger partial charge in [0.2, 0.25) is 11.8 Å². The highest BCUT2D eigenvalue weighted by atomic mass is 16.4. The number of rotatable bonds is 6. The molecule has 44 heavy (non-hydrogen) atoms. The Morgan fingerprint density at radius 2 is 1.32 bits per heavy atom. The van der Waals surface area contributed by atoms with E-state index < -0.39 is 0 Å². The Hall–Kier alpha value is -6.02. The lowest BCUT2D eigenvalue weighted by Crippen LogP contribution is -2.05. The molecule has 1 aliphatic rings. The van der Waals surface area contributed by atoms with Gasteiger partial charge in [-0.2, -0.15) is 0 Å². The number of dihydropyridines is 1. The fourth-order valence-electron chi connectivity index (χ4n) is 5.48. The standard InChI is InChI=1S/C36H24N6O2/c1-2-8-28-27(7-1)29(33-21-41-35(43-33)23-11-15-39-31(17-23)25-5-3-13-37-19-25)9-10-30(28)34-22-42-36(44-34)24-12-16-40-32(18-24)26-6-4-14-38-20-26/h1-19,21-22,26H,20H2. The Labute approximate surface area is 252 Å². The number of benzene rings is 2. The molecule has 0 radical (unpaired) electrons. The van der Waals surface area contributed by atoms with E-state index in [0.717, 1.165) is 50.0 Å². The van der Waals surface area contributed by atoms with Crippen LogP contribution < -0.4 is 0 Å². The summed E-state index contributed by atoms with van der Waals surface area (Å²) in [6, 6.07) is 23.9. The third-order valence-electron chi connectivity index (χ3n) is 7.68. The van der Waals surface area contributed by atoms with E-state index in [2.05, 4.69) is 48.1 Å². The summed E-state index contributed by atoms with van der Waals surface area (Å²) in [5.74, 6) is 2.56. The molecule has 6 heterocycles. The number of nitrogens with zero attached hydrogens (tertiary/aromatic N) is 6. The van der Waals surface area contributed by atoms with Crippen molar-refractivity contribution in [2.24, 2.45) is 4.99 Å². The zero-order valence-electron chi connectivity index (χ0n) is 23.4. The van der Waals surface area contributed by atoms with Crippen LogP contribution in [0.15, 0.2) is 136 Å². The van der Waals surface area contributed by atoms with Gasteiger partial charge in [0.25, 0.3) is 0 Å². The van der Waals surface area contributed by atoms with Gasteiger partial charge in [-0.3, -0.25) is 19.9 Å². The molecule has 0 aliphatic carbocycles. The van der Waals surface area contributed by atoms with Crippen molar-refractivity contribution in [1.29, 1.82) is 0 Å². The van der Waals surface area contributed by atoms with Crippen LogP contribution in [0, 0.1) is 0 Å². The molecule has 0 spiro atoms. The number of pyridine rings is 3.